The first-order valence-electron chi connectivity index (χ1n) is 5.20. The highest BCUT2D eigenvalue weighted by atomic mass is 16.5. The van der Waals surface area contributed by atoms with Gasteiger partial charge in [0, 0.05) is 19.7 Å². The molecule has 0 aliphatic heterocycles. The van der Waals surface area contributed by atoms with Gasteiger partial charge in [0.2, 0.25) is 0 Å². The molecule has 0 amide bonds. The molecule has 82 valence electrons. The van der Waals surface area contributed by atoms with E-state index in [1.54, 1.807) is 7.11 Å². The average Bonchev–Trinajstić information content (AvgIpc) is 2.26. The molecule has 0 N–H and O–H groups in total. The Bertz CT molecular complexity index is 328. The van der Waals surface area contributed by atoms with E-state index in [-0.39, 0.29) is 0 Å². The van der Waals surface area contributed by atoms with Crippen molar-refractivity contribution in [1.29, 1.82) is 0 Å². The molecule has 0 saturated heterocycles. The van der Waals surface area contributed by atoms with Gasteiger partial charge in [0.15, 0.2) is 5.88 Å². The van der Waals surface area contributed by atoms with Crippen LogP contribution in [0.4, 0.5) is 0 Å². The van der Waals surface area contributed by atoms with Crippen molar-refractivity contribution < 1.29 is 4.74 Å². The third-order valence-corrected chi connectivity index (χ3v) is 2.33. The summed E-state index contributed by atoms with van der Waals surface area (Å²) >= 11 is 0. The third kappa shape index (κ3) is 2.75. The van der Waals surface area contributed by atoms with E-state index in [1.807, 2.05) is 37.2 Å². The van der Waals surface area contributed by atoms with Crippen molar-refractivity contribution in [2.24, 2.45) is 0 Å². The molecule has 0 unspecified atom stereocenters. The first-order chi connectivity index (χ1) is 7.20. The van der Waals surface area contributed by atoms with Gasteiger partial charge in [-0.2, -0.15) is 0 Å². The lowest BCUT2D eigenvalue weighted by atomic mass is 10.0. The number of hydrogen-bond acceptors (Lipinski definition) is 2. The van der Waals surface area contributed by atoms with Gasteiger partial charge >= 0.3 is 0 Å². The number of ether oxygens (including phenoxy) is 1. The molecule has 15 heavy (non-hydrogen) atoms. The van der Waals surface area contributed by atoms with Crippen LogP contribution < -0.4 is 0 Å². The van der Waals surface area contributed by atoms with Crippen LogP contribution in [0.2, 0.25) is 0 Å². The maximum atomic E-state index is 5.42. The predicted molar refractivity (Wildman–Crippen MR) is 64.3 cm³/mol. The van der Waals surface area contributed by atoms with E-state index in [2.05, 4.69) is 19.1 Å². The molecule has 0 fully saturated rings. The van der Waals surface area contributed by atoms with Gasteiger partial charge in [0.1, 0.15) is 0 Å². The molecule has 0 aliphatic rings. The zero-order valence-electron chi connectivity index (χ0n) is 9.95. The molecule has 0 atom stereocenters. The summed E-state index contributed by atoms with van der Waals surface area (Å²) in [5.41, 5.74) is 2.47. The highest BCUT2D eigenvalue weighted by molar-refractivity contribution is 5.66. The third-order valence-electron chi connectivity index (χ3n) is 2.33. The van der Waals surface area contributed by atoms with Crippen LogP contribution in [0.3, 0.4) is 0 Å². The molecular formula is C13H19NO. The van der Waals surface area contributed by atoms with Gasteiger partial charge in [-0.05, 0) is 12.0 Å². The molecule has 1 rings (SSSR count). The molecule has 1 aromatic rings. The van der Waals surface area contributed by atoms with Crippen molar-refractivity contribution in [3.05, 3.63) is 41.8 Å². The van der Waals surface area contributed by atoms with Gasteiger partial charge in [-0.25, -0.2) is 0 Å². The maximum Gasteiger partial charge on any atom is 0.192 e. The fourth-order valence-corrected chi connectivity index (χ4v) is 1.69. The highest BCUT2D eigenvalue weighted by Crippen LogP contribution is 2.23. The highest BCUT2D eigenvalue weighted by Gasteiger charge is 2.09. The Kier molecular flexibility index (Phi) is 4.22. The molecule has 0 aromatic heterocycles. The number of nitrogens with zero attached hydrogens (tertiary/aromatic N) is 1. The summed E-state index contributed by atoms with van der Waals surface area (Å²) in [7, 11) is 5.71. The van der Waals surface area contributed by atoms with E-state index in [4.69, 9.17) is 4.74 Å². The van der Waals surface area contributed by atoms with Crippen LogP contribution in [-0.4, -0.2) is 26.1 Å². The number of benzene rings is 1. The summed E-state index contributed by atoms with van der Waals surface area (Å²) in [6.07, 6.45) is 0.964. The summed E-state index contributed by atoms with van der Waals surface area (Å²) in [4.78, 5) is 2.01. The van der Waals surface area contributed by atoms with Gasteiger partial charge in [0.05, 0.1) is 7.11 Å². The lowest BCUT2D eigenvalue weighted by Crippen LogP contribution is -2.14. The maximum absolute atomic E-state index is 5.42. The Morgan fingerprint density at radius 1 is 1.20 bits per heavy atom. The Hall–Kier alpha value is -1.44. The van der Waals surface area contributed by atoms with Gasteiger partial charge in [0.25, 0.3) is 0 Å². The van der Waals surface area contributed by atoms with E-state index >= 15 is 0 Å². The Morgan fingerprint density at radius 2 is 1.80 bits per heavy atom. The molecule has 1 aromatic carbocycles. The van der Waals surface area contributed by atoms with E-state index in [1.165, 1.54) is 11.1 Å². The Balaban J connectivity index is 3.17. The number of allylic oxidation sites excluding steroid dienone is 1. The quantitative estimate of drug-likeness (QED) is 0.701. The smallest absolute Gasteiger partial charge is 0.192 e. The SMILES string of the molecule is CC/C(=C(\OC)N(C)C)c1ccccc1. The molecule has 2 heteroatoms. The second-order valence-corrected chi connectivity index (χ2v) is 3.60. The summed E-state index contributed by atoms with van der Waals surface area (Å²) in [6.45, 7) is 2.14. The molecule has 0 spiro atoms. The van der Waals surface area contributed by atoms with Crippen molar-refractivity contribution in [1.82, 2.24) is 4.90 Å². The lowest BCUT2D eigenvalue weighted by molar-refractivity contribution is 0.196. The zero-order valence-corrected chi connectivity index (χ0v) is 9.95. The average molecular weight is 205 g/mol. The van der Waals surface area contributed by atoms with Crippen LogP contribution in [0.15, 0.2) is 36.2 Å². The standard InChI is InChI=1S/C13H19NO/c1-5-12(13(15-4)14(2)3)11-9-7-6-8-10-11/h6-10H,5H2,1-4H3/b13-12+. The van der Waals surface area contributed by atoms with Crippen LogP contribution in [0.1, 0.15) is 18.9 Å². The first-order valence-corrected chi connectivity index (χ1v) is 5.20. The Labute approximate surface area is 92.2 Å². The van der Waals surface area contributed by atoms with Crippen molar-refractivity contribution in [3.63, 3.8) is 0 Å². The molecule has 0 aliphatic carbocycles. The van der Waals surface area contributed by atoms with Crippen LogP contribution in [-0.2, 0) is 4.74 Å². The van der Waals surface area contributed by atoms with Crippen molar-refractivity contribution in [3.8, 4) is 0 Å². The van der Waals surface area contributed by atoms with Crippen molar-refractivity contribution >= 4 is 5.57 Å². The monoisotopic (exact) mass is 205 g/mol. The van der Waals surface area contributed by atoms with E-state index in [0.717, 1.165) is 12.3 Å². The van der Waals surface area contributed by atoms with Gasteiger partial charge in [-0.15, -0.1) is 0 Å². The molecule has 0 bridgehead atoms. The van der Waals surface area contributed by atoms with Crippen LogP contribution in [0.5, 0.6) is 0 Å². The summed E-state index contributed by atoms with van der Waals surface area (Å²) in [5, 5.41) is 0. The van der Waals surface area contributed by atoms with Crippen LogP contribution >= 0.6 is 0 Å². The fourth-order valence-electron chi connectivity index (χ4n) is 1.69. The molecule has 2 nitrogen and oxygen atoms in total. The Morgan fingerprint density at radius 3 is 2.20 bits per heavy atom. The predicted octanol–water partition coefficient (Wildman–Crippen LogP) is 2.97. The second-order valence-electron chi connectivity index (χ2n) is 3.60. The van der Waals surface area contributed by atoms with E-state index < -0.39 is 0 Å². The zero-order chi connectivity index (χ0) is 11.3. The van der Waals surface area contributed by atoms with Gasteiger partial charge < -0.3 is 9.64 Å². The molecule has 0 saturated carbocycles. The summed E-state index contributed by atoms with van der Waals surface area (Å²) in [5.74, 6) is 0.934. The van der Waals surface area contributed by atoms with Crippen LogP contribution in [0, 0.1) is 0 Å². The van der Waals surface area contributed by atoms with E-state index in [0.29, 0.717) is 0 Å². The minimum absolute atomic E-state index is 0.934. The number of hydrogen-bond donors (Lipinski definition) is 0. The van der Waals surface area contributed by atoms with Crippen molar-refractivity contribution in [2.45, 2.75) is 13.3 Å². The summed E-state index contributed by atoms with van der Waals surface area (Å²) in [6, 6.07) is 10.4. The topological polar surface area (TPSA) is 12.5 Å². The number of methoxy groups -OCH3 is 1. The van der Waals surface area contributed by atoms with Crippen LogP contribution in [0.25, 0.3) is 5.57 Å². The molecule has 0 heterocycles. The van der Waals surface area contributed by atoms with Crippen molar-refractivity contribution in [2.75, 3.05) is 21.2 Å². The molecule has 0 radical (unpaired) electrons. The second kappa shape index (κ2) is 5.44. The first kappa shape index (κ1) is 11.6. The number of rotatable bonds is 4. The minimum Gasteiger partial charge on any atom is -0.482 e. The summed E-state index contributed by atoms with van der Waals surface area (Å²) < 4.78 is 5.42. The lowest BCUT2D eigenvalue weighted by Gasteiger charge is -2.20. The fraction of sp³-hybridized carbons (Fsp3) is 0.385. The normalized spacial score (nSPS) is 12.0. The minimum atomic E-state index is 0.934. The van der Waals surface area contributed by atoms with E-state index in [9.17, 15) is 0 Å². The van der Waals surface area contributed by atoms with Gasteiger partial charge in [-0.1, -0.05) is 37.3 Å². The molecular weight excluding hydrogens is 186 g/mol. The largest absolute Gasteiger partial charge is 0.482 e. The van der Waals surface area contributed by atoms with Gasteiger partial charge in [-0.3, -0.25) is 0 Å².